The second kappa shape index (κ2) is 15.0. The molecule has 1 aliphatic carbocycles. The summed E-state index contributed by atoms with van der Waals surface area (Å²) in [5, 5.41) is 0. The molecule has 2 bridgehead atoms. The van der Waals surface area contributed by atoms with Gasteiger partial charge in [0.25, 0.3) is 0 Å². The summed E-state index contributed by atoms with van der Waals surface area (Å²) >= 11 is 0. The first kappa shape index (κ1) is 38.0. The van der Waals surface area contributed by atoms with Gasteiger partial charge in [0.1, 0.15) is 37.0 Å². The Kier molecular flexibility index (Phi) is 12.1. The lowest BCUT2D eigenvalue weighted by molar-refractivity contribution is -0.305. The number of carbonyl (C=O) groups is 4. The highest BCUT2D eigenvalue weighted by molar-refractivity contribution is 5.87. The highest BCUT2D eigenvalue weighted by atomic mass is 16.7. The maximum absolute atomic E-state index is 14.3. The minimum atomic E-state index is -1.17. The Balaban J connectivity index is 1.84. The van der Waals surface area contributed by atoms with Crippen molar-refractivity contribution in [3.8, 4) is 0 Å². The van der Waals surface area contributed by atoms with E-state index in [0.717, 1.165) is 6.42 Å². The van der Waals surface area contributed by atoms with Crippen molar-refractivity contribution in [2.24, 2.45) is 35.0 Å². The van der Waals surface area contributed by atoms with Crippen LogP contribution in [0.25, 0.3) is 0 Å². The highest BCUT2D eigenvalue weighted by Crippen LogP contribution is 2.51. The number of carbonyl (C=O) groups excluding carboxylic acids is 4. The molecule has 0 aromatic heterocycles. The maximum atomic E-state index is 14.3. The Morgan fingerprint density at radius 1 is 0.957 bits per heavy atom. The summed E-state index contributed by atoms with van der Waals surface area (Å²) < 4.78 is 38.4. The molecule has 4 rings (SSSR count). The van der Waals surface area contributed by atoms with E-state index in [4.69, 9.17) is 28.4 Å². The van der Waals surface area contributed by atoms with Gasteiger partial charge >= 0.3 is 5.97 Å². The van der Waals surface area contributed by atoms with Crippen LogP contribution in [-0.4, -0.2) is 111 Å². The third-order valence-electron chi connectivity index (χ3n) is 11.8. The molecule has 1 saturated carbocycles. The SMILES string of the molecule is CC[C@H]1OC(=O)[C@H](C)[C@H]2OCC(=O)CO[C@@](C)(C[C@@H](C)C(=O)[C@H](C)[C@H]3CC(=O)C[C@@]31C)[C@H](O[C@@H]1O[C@H](C)C[C@H](N(C)C)[C@H]1OC)[C@H]2C. The van der Waals surface area contributed by atoms with Crippen molar-refractivity contribution in [1.29, 1.82) is 0 Å². The average molecular weight is 666 g/mol. The fourth-order valence-electron chi connectivity index (χ4n) is 9.15. The van der Waals surface area contributed by atoms with Crippen molar-refractivity contribution in [3.63, 3.8) is 0 Å². The average Bonchev–Trinajstić information content (AvgIpc) is 3.34. The fraction of sp³-hybridized carbons (Fsp3) is 0.889. The molecule has 0 radical (unpaired) electrons. The molecule has 3 heterocycles. The molecule has 47 heavy (non-hydrogen) atoms. The maximum Gasteiger partial charge on any atom is 0.311 e. The minimum Gasteiger partial charge on any atom is -0.461 e. The molecule has 0 amide bonds. The smallest absolute Gasteiger partial charge is 0.311 e. The number of nitrogens with zero attached hydrogens (tertiary/aromatic N) is 1. The van der Waals surface area contributed by atoms with E-state index >= 15 is 0 Å². The van der Waals surface area contributed by atoms with Crippen LogP contribution in [-0.2, 0) is 47.6 Å². The fourth-order valence-corrected chi connectivity index (χ4v) is 9.15. The summed E-state index contributed by atoms with van der Waals surface area (Å²) in [5.74, 6) is -3.21. The number of Topliss-reactive ketones (excluding diaryl/α,β-unsaturated/α-hetero) is 3. The van der Waals surface area contributed by atoms with Crippen LogP contribution < -0.4 is 0 Å². The van der Waals surface area contributed by atoms with E-state index in [1.54, 1.807) is 14.0 Å². The zero-order chi connectivity index (χ0) is 35.0. The predicted octanol–water partition coefficient (Wildman–Crippen LogP) is 4.02. The van der Waals surface area contributed by atoms with Crippen LogP contribution >= 0.6 is 0 Å². The van der Waals surface area contributed by atoms with Gasteiger partial charge in [-0.05, 0) is 60.0 Å². The van der Waals surface area contributed by atoms with E-state index in [0.29, 0.717) is 6.42 Å². The van der Waals surface area contributed by atoms with E-state index in [9.17, 15) is 19.2 Å². The Labute approximate surface area is 281 Å². The number of likely N-dealkylation sites (N-methyl/N-ethyl adjacent to an activating group) is 1. The molecule has 268 valence electrons. The summed E-state index contributed by atoms with van der Waals surface area (Å²) in [5.41, 5.74) is -1.86. The largest absolute Gasteiger partial charge is 0.461 e. The van der Waals surface area contributed by atoms with Gasteiger partial charge in [0, 0.05) is 49.2 Å². The van der Waals surface area contributed by atoms with Gasteiger partial charge in [0.2, 0.25) is 0 Å². The summed E-state index contributed by atoms with van der Waals surface area (Å²) in [4.78, 5) is 56.5. The molecule has 0 aromatic rings. The molecule has 3 saturated heterocycles. The summed E-state index contributed by atoms with van der Waals surface area (Å²) in [6, 6.07) is 0.00343. The lowest BCUT2D eigenvalue weighted by atomic mass is 9.66. The first-order chi connectivity index (χ1) is 22.0. The van der Waals surface area contributed by atoms with E-state index < -0.39 is 71.4 Å². The zero-order valence-corrected chi connectivity index (χ0v) is 30.4. The number of rotatable bonds is 5. The molecule has 4 fully saturated rings. The van der Waals surface area contributed by atoms with Crippen LogP contribution in [0.15, 0.2) is 0 Å². The summed E-state index contributed by atoms with van der Waals surface area (Å²) in [6.07, 6.45) is -1.52. The number of ether oxygens (including phenoxy) is 6. The molecule has 0 spiro atoms. The highest BCUT2D eigenvalue weighted by Gasteiger charge is 2.56. The van der Waals surface area contributed by atoms with Crippen LogP contribution in [0.4, 0.5) is 0 Å². The van der Waals surface area contributed by atoms with E-state index in [2.05, 4.69) is 4.90 Å². The Bertz CT molecular complexity index is 1160. The molecular formula is C36H59NO10. The molecular weight excluding hydrogens is 606 g/mol. The quantitative estimate of drug-likeness (QED) is 0.395. The lowest BCUT2D eigenvalue weighted by Gasteiger charge is -2.49. The van der Waals surface area contributed by atoms with Crippen LogP contribution in [0, 0.1) is 35.0 Å². The van der Waals surface area contributed by atoms with E-state index in [1.807, 2.05) is 62.6 Å². The number of esters is 1. The second-order valence-electron chi connectivity index (χ2n) is 15.6. The van der Waals surface area contributed by atoms with Crippen LogP contribution in [0.1, 0.15) is 87.5 Å². The van der Waals surface area contributed by atoms with Crippen LogP contribution in [0.5, 0.6) is 0 Å². The molecule has 4 aliphatic rings. The van der Waals surface area contributed by atoms with Crippen molar-refractivity contribution in [2.75, 3.05) is 34.4 Å². The number of hydrogen-bond acceptors (Lipinski definition) is 11. The summed E-state index contributed by atoms with van der Waals surface area (Å²) in [7, 11) is 5.62. The van der Waals surface area contributed by atoms with Gasteiger partial charge < -0.3 is 33.3 Å². The molecule has 14 atom stereocenters. The number of ketones is 3. The second-order valence-corrected chi connectivity index (χ2v) is 15.6. The standard InChI is InChI=1S/C36H59NO10/c1-12-28-35(7)16-24(38)14-26(35)21(4)29(40)19(2)15-36(8)32(47-34-31(42-11)27(37(9)10)13-20(3)45-34)22(5)30(23(6)33(41)46-28)43-17-25(39)18-44-36/h19-23,26-28,30-32,34H,12-18H2,1-11H3/t19-,20-,21-,22+,23-,26-,27+,28-,30+,31-,32-,34+,35+,36+/m1/s1. The molecule has 0 unspecified atom stereocenters. The van der Waals surface area contributed by atoms with Gasteiger partial charge in [-0.2, -0.15) is 0 Å². The molecule has 0 N–H and O–H groups in total. The van der Waals surface area contributed by atoms with Gasteiger partial charge in [-0.15, -0.1) is 0 Å². The van der Waals surface area contributed by atoms with Crippen LogP contribution in [0.3, 0.4) is 0 Å². The molecule has 11 nitrogen and oxygen atoms in total. The number of cyclic esters (lactones) is 1. The Morgan fingerprint density at radius 3 is 2.26 bits per heavy atom. The topological polar surface area (TPSA) is 127 Å². The summed E-state index contributed by atoms with van der Waals surface area (Å²) in [6.45, 7) is 14.8. The zero-order valence-electron chi connectivity index (χ0n) is 30.4. The number of fused-ring (bicyclic) bond motifs is 4. The minimum absolute atomic E-state index is 0.00253. The van der Waals surface area contributed by atoms with Crippen molar-refractivity contribution in [3.05, 3.63) is 0 Å². The van der Waals surface area contributed by atoms with Crippen LogP contribution in [0.2, 0.25) is 0 Å². The van der Waals surface area contributed by atoms with Gasteiger partial charge in [-0.25, -0.2) is 0 Å². The van der Waals surface area contributed by atoms with Gasteiger partial charge in [-0.1, -0.05) is 34.6 Å². The lowest BCUT2D eigenvalue weighted by Crippen LogP contribution is -2.60. The van der Waals surface area contributed by atoms with E-state index in [1.165, 1.54) is 0 Å². The van der Waals surface area contributed by atoms with Crippen molar-refractivity contribution in [2.45, 2.75) is 136 Å². The molecule has 3 aliphatic heterocycles. The third kappa shape index (κ3) is 7.70. The van der Waals surface area contributed by atoms with Crippen molar-refractivity contribution in [1.82, 2.24) is 4.90 Å². The number of hydrogen-bond donors (Lipinski definition) is 0. The van der Waals surface area contributed by atoms with Crippen molar-refractivity contribution >= 4 is 23.3 Å². The molecule has 0 aromatic carbocycles. The van der Waals surface area contributed by atoms with Gasteiger partial charge in [0.05, 0.1) is 29.8 Å². The third-order valence-corrected chi connectivity index (χ3v) is 11.8. The number of methoxy groups -OCH3 is 1. The van der Waals surface area contributed by atoms with E-state index in [-0.39, 0.29) is 67.9 Å². The van der Waals surface area contributed by atoms with Crippen molar-refractivity contribution < 1.29 is 47.6 Å². The normalized spacial score (nSPS) is 46.0. The van der Waals surface area contributed by atoms with Gasteiger partial charge in [0.15, 0.2) is 12.1 Å². The monoisotopic (exact) mass is 665 g/mol. The Hall–Kier alpha value is -1.76. The Morgan fingerprint density at radius 2 is 1.64 bits per heavy atom. The first-order valence-corrected chi connectivity index (χ1v) is 17.5. The first-order valence-electron chi connectivity index (χ1n) is 17.5. The predicted molar refractivity (Wildman–Crippen MR) is 173 cm³/mol. The molecule has 11 heteroatoms. The van der Waals surface area contributed by atoms with Gasteiger partial charge in [-0.3, -0.25) is 19.2 Å².